The fourth-order valence-corrected chi connectivity index (χ4v) is 5.54. The van der Waals surface area contributed by atoms with Crippen molar-refractivity contribution in [3.63, 3.8) is 0 Å². The van der Waals surface area contributed by atoms with Gasteiger partial charge in [0.1, 0.15) is 11.6 Å². The molecule has 1 aliphatic rings. The molecule has 0 spiro atoms. The summed E-state index contributed by atoms with van der Waals surface area (Å²) in [6.07, 6.45) is -1.03. The molecular formula is C34H28F8O. The number of ether oxygens (including phenoxy) is 1. The zero-order chi connectivity index (χ0) is 30.9. The zero-order valence-electron chi connectivity index (χ0n) is 23.2. The zero-order valence-corrected chi connectivity index (χ0v) is 23.2. The Morgan fingerprint density at radius 1 is 0.651 bits per heavy atom. The van der Waals surface area contributed by atoms with E-state index in [1.165, 1.54) is 24.3 Å². The second-order valence-corrected chi connectivity index (χ2v) is 11.1. The molecule has 0 atom stereocenters. The molecular weight excluding hydrogens is 576 g/mol. The van der Waals surface area contributed by atoms with E-state index in [4.69, 9.17) is 0 Å². The first kappa shape index (κ1) is 30.6. The van der Waals surface area contributed by atoms with Crippen LogP contribution in [0, 0.1) is 40.8 Å². The Labute approximate surface area is 244 Å². The SMILES string of the molecule is CC1CCC(c2ccc(-c3ccc(CCC(F)(F)Oc4ccc(-c5cc(F)c(F)c(F)c5)c(F)c4)cc3)c(F)c2F)CC1. The van der Waals surface area contributed by atoms with Crippen molar-refractivity contribution in [1.29, 1.82) is 0 Å². The van der Waals surface area contributed by atoms with Crippen LogP contribution in [0.25, 0.3) is 22.3 Å². The Morgan fingerprint density at radius 3 is 1.91 bits per heavy atom. The van der Waals surface area contributed by atoms with E-state index in [1.807, 2.05) is 0 Å². The topological polar surface area (TPSA) is 9.23 Å². The lowest BCUT2D eigenvalue weighted by molar-refractivity contribution is -0.180. The first-order valence-electron chi connectivity index (χ1n) is 14.0. The van der Waals surface area contributed by atoms with Crippen molar-refractivity contribution in [1.82, 2.24) is 0 Å². The van der Waals surface area contributed by atoms with E-state index < -0.39 is 53.2 Å². The standard InChI is InChI=1S/C34H28F8O/c1-19-2-6-21(7-3-19)26-12-13-27(32(39)31(26)38)22-8-4-20(5-9-22)14-15-34(41,42)43-24-10-11-25(28(35)18-24)23-16-29(36)33(40)30(37)17-23/h4-5,8-13,16-19,21H,2-3,6-7,14-15H2,1H3. The Balaban J connectivity index is 1.22. The highest BCUT2D eigenvalue weighted by atomic mass is 19.3. The maximum atomic E-state index is 15.0. The molecule has 0 N–H and O–H groups in total. The Bertz CT molecular complexity index is 1580. The van der Waals surface area contributed by atoms with Crippen molar-refractivity contribution in [3.05, 3.63) is 113 Å². The van der Waals surface area contributed by atoms with Crippen LogP contribution in [0.5, 0.6) is 5.75 Å². The summed E-state index contributed by atoms with van der Waals surface area (Å²) in [7, 11) is 0. The molecule has 4 aromatic carbocycles. The minimum atomic E-state index is -3.71. The number of hydrogen-bond donors (Lipinski definition) is 0. The molecule has 0 aromatic heterocycles. The van der Waals surface area contributed by atoms with E-state index in [0.717, 1.165) is 37.8 Å². The summed E-state index contributed by atoms with van der Waals surface area (Å²) in [5.41, 5.74) is 0.726. The van der Waals surface area contributed by atoms with Gasteiger partial charge in [-0.1, -0.05) is 56.2 Å². The normalized spacial score (nSPS) is 17.2. The number of hydrogen-bond acceptors (Lipinski definition) is 1. The second kappa shape index (κ2) is 12.4. The molecule has 1 fully saturated rings. The molecule has 0 saturated heterocycles. The van der Waals surface area contributed by atoms with Crippen molar-refractivity contribution < 1.29 is 39.9 Å². The Kier molecular flexibility index (Phi) is 8.81. The molecule has 9 heteroatoms. The molecule has 1 aliphatic carbocycles. The number of aryl methyl sites for hydroxylation is 1. The van der Waals surface area contributed by atoms with Crippen LogP contribution >= 0.6 is 0 Å². The van der Waals surface area contributed by atoms with Gasteiger partial charge in [-0.3, -0.25) is 0 Å². The maximum Gasteiger partial charge on any atom is 0.398 e. The lowest BCUT2D eigenvalue weighted by Gasteiger charge is -2.27. The third-order valence-corrected chi connectivity index (χ3v) is 8.04. The minimum absolute atomic E-state index is 0.00982. The van der Waals surface area contributed by atoms with E-state index in [0.29, 0.717) is 40.8 Å². The molecule has 0 bridgehead atoms. The summed E-state index contributed by atoms with van der Waals surface area (Å²) in [5, 5.41) is 0. The number of benzene rings is 4. The van der Waals surface area contributed by atoms with Crippen LogP contribution in [0.4, 0.5) is 35.1 Å². The molecule has 43 heavy (non-hydrogen) atoms. The van der Waals surface area contributed by atoms with Crippen LogP contribution in [0.15, 0.2) is 66.7 Å². The fourth-order valence-electron chi connectivity index (χ4n) is 5.54. The molecule has 1 saturated carbocycles. The minimum Gasteiger partial charge on any atom is -0.432 e. The van der Waals surface area contributed by atoms with Gasteiger partial charge in [-0.2, -0.15) is 8.78 Å². The Hall–Kier alpha value is -3.88. The summed E-state index contributed by atoms with van der Waals surface area (Å²) in [6.45, 7) is 2.15. The summed E-state index contributed by atoms with van der Waals surface area (Å²) >= 11 is 0. The molecule has 5 rings (SSSR count). The van der Waals surface area contributed by atoms with E-state index in [-0.39, 0.29) is 29.0 Å². The van der Waals surface area contributed by atoms with Crippen LogP contribution in [0.3, 0.4) is 0 Å². The van der Waals surface area contributed by atoms with E-state index in [9.17, 15) is 30.7 Å². The average molecular weight is 605 g/mol. The highest BCUT2D eigenvalue weighted by Gasteiger charge is 2.32. The van der Waals surface area contributed by atoms with Gasteiger partial charge in [0.15, 0.2) is 29.1 Å². The van der Waals surface area contributed by atoms with E-state index in [2.05, 4.69) is 11.7 Å². The lowest BCUT2D eigenvalue weighted by atomic mass is 9.79. The number of halogens is 8. The second-order valence-electron chi connectivity index (χ2n) is 11.1. The Morgan fingerprint density at radius 2 is 1.28 bits per heavy atom. The van der Waals surface area contributed by atoms with Crippen LogP contribution < -0.4 is 4.74 Å². The predicted octanol–water partition coefficient (Wildman–Crippen LogP) is 10.8. The molecule has 1 nitrogen and oxygen atoms in total. The molecule has 4 aromatic rings. The van der Waals surface area contributed by atoms with E-state index in [1.54, 1.807) is 12.1 Å². The summed E-state index contributed by atoms with van der Waals surface area (Å²) < 4.78 is 119. The largest absolute Gasteiger partial charge is 0.432 e. The quantitative estimate of drug-likeness (QED) is 0.144. The van der Waals surface area contributed by atoms with Gasteiger partial charge in [0, 0.05) is 17.2 Å². The molecule has 0 radical (unpaired) electrons. The summed E-state index contributed by atoms with van der Waals surface area (Å²) in [6, 6.07) is 13.1. The fraction of sp³-hybridized carbons (Fsp3) is 0.294. The van der Waals surface area contributed by atoms with Crippen molar-refractivity contribution in [2.75, 3.05) is 0 Å². The van der Waals surface area contributed by atoms with Gasteiger partial charge in [-0.05, 0) is 77.6 Å². The van der Waals surface area contributed by atoms with E-state index >= 15 is 4.39 Å². The number of rotatable bonds is 8. The third-order valence-electron chi connectivity index (χ3n) is 8.04. The molecule has 0 amide bonds. The van der Waals surface area contributed by atoms with Gasteiger partial charge >= 0.3 is 6.11 Å². The van der Waals surface area contributed by atoms with Crippen molar-refractivity contribution >= 4 is 0 Å². The monoisotopic (exact) mass is 604 g/mol. The van der Waals surface area contributed by atoms with Crippen molar-refractivity contribution in [2.24, 2.45) is 5.92 Å². The molecule has 0 aliphatic heterocycles. The third kappa shape index (κ3) is 6.86. The molecule has 226 valence electrons. The van der Waals surface area contributed by atoms with Gasteiger partial charge in [-0.15, -0.1) is 0 Å². The molecule has 0 unspecified atom stereocenters. The average Bonchev–Trinajstić information content (AvgIpc) is 2.97. The van der Waals surface area contributed by atoms with Gasteiger partial charge in [-0.25, -0.2) is 26.3 Å². The highest BCUT2D eigenvalue weighted by Crippen LogP contribution is 2.39. The summed E-state index contributed by atoms with van der Waals surface area (Å²) in [5.74, 6) is -7.58. The van der Waals surface area contributed by atoms with Gasteiger partial charge in [0.2, 0.25) is 0 Å². The maximum absolute atomic E-state index is 15.0. The summed E-state index contributed by atoms with van der Waals surface area (Å²) in [4.78, 5) is 0. The lowest BCUT2D eigenvalue weighted by Crippen LogP contribution is -2.25. The highest BCUT2D eigenvalue weighted by molar-refractivity contribution is 5.66. The predicted molar refractivity (Wildman–Crippen MR) is 148 cm³/mol. The first-order valence-corrected chi connectivity index (χ1v) is 14.0. The number of alkyl halides is 2. The van der Waals surface area contributed by atoms with Crippen molar-refractivity contribution in [2.45, 2.75) is 57.5 Å². The van der Waals surface area contributed by atoms with Gasteiger partial charge in [0.05, 0.1) is 6.42 Å². The first-order chi connectivity index (χ1) is 20.4. The van der Waals surface area contributed by atoms with Gasteiger partial charge < -0.3 is 4.74 Å². The van der Waals surface area contributed by atoms with Crippen LogP contribution in [0.1, 0.15) is 56.1 Å². The van der Waals surface area contributed by atoms with Crippen LogP contribution in [-0.2, 0) is 6.42 Å². The molecule has 0 heterocycles. The van der Waals surface area contributed by atoms with Crippen LogP contribution in [0.2, 0.25) is 0 Å². The van der Waals surface area contributed by atoms with Gasteiger partial charge in [0.25, 0.3) is 0 Å². The van der Waals surface area contributed by atoms with Crippen LogP contribution in [-0.4, -0.2) is 6.11 Å². The van der Waals surface area contributed by atoms with Crippen molar-refractivity contribution in [3.8, 4) is 28.0 Å². The smallest absolute Gasteiger partial charge is 0.398 e.